The van der Waals surface area contributed by atoms with Crippen molar-refractivity contribution in [2.45, 2.75) is 33.1 Å². The Labute approximate surface area is 122 Å². The number of allylic oxidation sites excluding steroid dienone is 3. The molecule has 0 aliphatic heterocycles. The molecule has 1 aromatic rings. The van der Waals surface area contributed by atoms with Crippen molar-refractivity contribution in [3.05, 3.63) is 41.5 Å². The lowest BCUT2D eigenvalue weighted by molar-refractivity contribution is 0.347. The fraction of sp³-hybridized carbons (Fsp3) is 0.444. The highest BCUT2D eigenvalue weighted by Crippen LogP contribution is 2.47. The Hall–Kier alpha value is -1.70. The van der Waals surface area contributed by atoms with E-state index in [-0.39, 0.29) is 0 Å². The molecular weight excluding hydrogens is 248 g/mol. The molecule has 2 rings (SSSR count). The summed E-state index contributed by atoms with van der Waals surface area (Å²) in [6.07, 6.45) is 5.37. The first-order valence-electron chi connectivity index (χ1n) is 7.13. The van der Waals surface area contributed by atoms with Gasteiger partial charge in [-0.25, -0.2) is 0 Å². The van der Waals surface area contributed by atoms with Crippen molar-refractivity contribution >= 4 is 5.57 Å². The van der Waals surface area contributed by atoms with E-state index in [1.165, 1.54) is 16.7 Å². The topological polar surface area (TPSA) is 18.5 Å². The average Bonchev–Trinajstić information content (AvgIpc) is 2.45. The maximum Gasteiger partial charge on any atom is 0.165 e. The highest BCUT2D eigenvalue weighted by molar-refractivity contribution is 5.78. The minimum atomic E-state index is 0.346. The Morgan fingerprint density at radius 3 is 2.50 bits per heavy atom. The predicted octanol–water partition coefficient (Wildman–Crippen LogP) is 4.72. The van der Waals surface area contributed by atoms with E-state index in [4.69, 9.17) is 9.47 Å². The van der Waals surface area contributed by atoms with Gasteiger partial charge in [0, 0.05) is 5.56 Å². The number of benzene rings is 1. The first-order valence-corrected chi connectivity index (χ1v) is 7.13. The van der Waals surface area contributed by atoms with Crippen LogP contribution in [0.1, 0.15) is 42.9 Å². The first kappa shape index (κ1) is 14.7. The molecule has 0 bridgehead atoms. The summed E-state index contributed by atoms with van der Waals surface area (Å²) in [5.41, 5.74) is 5.00. The third-order valence-corrected chi connectivity index (χ3v) is 4.21. The lowest BCUT2D eigenvalue weighted by Gasteiger charge is -2.29. The summed E-state index contributed by atoms with van der Waals surface area (Å²) in [6.45, 7) is 10.4. The normalized spacial score (nSPS) is 18.9. The summed E-state index contributed by atoms with van der Waals surface area (Å²) >= 11 is 0. The quantitative estimate of drug-likeness (QED) is 0.738. The van der Waals surface area contributed by atoms with Crippen LogP contribution in [0.15, 0.2) is 24.8 Å². The molecule has 2 nitrogen and oxygen atoms in total. The molecule has 0 unspecified atom stereocenters. The summed E-state index contributed by atoms with van der Waals surface area (Å²) in [7, 11) is 3.42. The van der Waals surface area contributed by atoms with Gasteiger partial charge in [-0.1, -0.05) is 26.0 Å². The monoisotopic (exact) mass is 272 g/mol. The number of methoxy groups -OCH3 is 2. The zero-order valence-corrected chi connectivity index (χ0v) is 13.1. The molecule has 0 amide bonds. The molecule has 1 aliphatic carbocycles. The lowest BCUT2D eigenvalue weighted by atomic mass is 9.78. The van der Waals surface area contributed by atoms with Gasteiger partial charge in [0.15, 0.2) is 11.5 Å². The molecule has 0 aromatic heterocycles. The predicted molar refractivity (Wildman–Crippen MR) is 84.7 cm³/mol. The molecule has 0 spiro atoms. The van der Waals surface area contributed by atoms with E-state index in [1.807, 2.05) is 6.08 Å². The first-order chi connectivity index (χ1) is 9.54. The van der Waals surface area contributed by atoms with Gasteiger partial charge in [-0.3, -0.25) is 0 Å². The Bertz CT molecular complexity index is 555. The van der Waals surface area contributed by atoms with Crippen LogP contribution in [0.2, 0.25) is 0 Å². The van der Waals surface area contributed by atoms with Crippen molar-refractivity contribution in [3.63, 3.8) is 0 Å². The third-order valence-electron chi connectivity index (χ3n) is 4.21. The summed E-state index contributed by atoms with van der Waals surface area (Å²) in [6, 6.07) is 2.22. The van der Waals surface area contributed by atoms with Crippen molar-refractivity contribution < 1.29 is 9.47 Å². The van der Waals surface area contributed by atoms with Crippen LogP contribution in [0.4, 0.5) is 0 Å². The van der Waals surface area contributed by atoms with Crippen LogP contribution in [-0.2, 0) is 0 Å². The second kappa shape index (κ2) is 5.74. The van der Waals surface area contributed by atoms with Gasteiger partial charge < -0.3 is 9.47 Å². The summed E-state index contributed by atoms with van der Waals surface area (Å²) in [5.74, 6) is 2.52. The zero-order chi connectivity index (χ0) is 14.9. The van der Waals surface area contributed by atoms with Crippen molar-refractivity contribution in [1.82, 2.24) is 0 Å². The summed E-state index contributed by atoms with van der Waals surface area (Å²) < 4.78 is 11.2. The van der Waals surface area contributed by atoms with Gasteiger partial charge in [-0.05, 0) is 47.9 Å². The number of hydrogen-bond donors (Lipinski definition) is 0. The van der Waals surface area contributed by atoms with Crippen LogP contribution in [-0.4, -0.2) is 14.2 Å². The number of aryl methyl sites for hydroxylation is 1. The minimum Gasteiger partial charge on any atom is -0.493 e. The van der Waals surface area contributed by atoms with E-state index in [0.29, 0.717) is 11.8 Å². The third kappa shape index (κ3) is 2.24. The molecule has 0 saturated carbocycles. The molecule has 0 saturated heterocycles. The highest BCUT2D eigenvalue weighted by atomic mass is 16.5. The van der Waals surface area contributed by atoms with E-state index < -0.39 is 0 Å². The van der Waals surface area contributed by atoms with Crippen LogP contribution in [0, 0.1) is 12.8 Å². The molecule has 0 N–H and O–H groups in total. The SMILES string of the molecule is C=C[C@H](C)C1=CC[C@H](C)c2c1cc(C)c(OC)c2OC. The maximum atomic E-state index is 5.67. The van der Waals surface area contributed by atoms with E-state index in [2.05, 4.69) is 39.5 Å². The van der Waals surface area contributed by atoms with Crippen molar-refractivity contribution in [2.75, 3.05) is 14.2 Å². The molecule has 1 aliphatic rings. The molecule has 0 radical (unpaired) electrons. The molecule has 1 aromatic carbocycles. The number of hydrogen-bond acceptors (Lipinski definition) is 2. The molecule has 2 atom stereocenters. The van der Waals surface area contributed by atoms with Gasteiger partial charge in [-0.2, -0.15) is 0 Å². The van der Waals surface area contributed by atoms with Crippen LogP contribution in [0.3, 0.4) is 0 Å². The molecule has 2 heteroatoms. The second-order valence-corrected chi connectivity index (χ2v) is 5.54. The fourth-order valence-electron chi connectivity index (χ4n) is 3.06. The van der Waals surface area contributed by atoms with E-state index in [9.17, 15) is 0 Å². The Morgan fingerprint density at radius 1 is 1.30 bits per heavy atom. The van der Waals surface area contributed by atoms with Crippen LogP contribution >= 0.6 is 0 Å². The lowest BCUT2D eigenvalue weighted by Crippen LogP contribution is -2.11. The van der Waals surface area contributed by atoms with E-state index in [1.54, 1.807) is 14.2 Å². The van der Waals surface area contributed by atoms with E-state index >= 15 is 0 Å². The largest absolute Gasteiger partial charge is 0.493 e. The Kier molecular flexibility index (Phi) is 4.22. The standard InChI is InChI=1S/C18H24O2/c1-7-11(2)14-9-8-12(3)16-15(14)10-13(4)17(19-5)18(16)20-6/h7,9-12H,1,8H2,2-6H3/t11-,12-/m0/s1. The van der Waals surface area contributed by atoms with Gasteiger partial charge in [0.2, 0.25) is 0 Å². The Morgan fingerprint density at radius 2 is 1.95 bits per heavy atom. The van der Waals surface area contributed by atoms with Crippen LogP contribution in [0.25, 0.3) is 5.57 Å². The molecule has 0 fully saturated rings. The van der Waals surface area contributed by atoms with Gasteiger partial charge in [0.1, 0.15) is 0 Å². The molecule has 108 valence electrons. The summed E-state index contributed by atoms with van der Waals surface area (Å²) in [4.78, 5) is 0. The van der Waals surface area contributed by atoms with Gasteiger partial charge in [0.05, 0.1) is 14.2 Å². The van der Waals surface area contributed by atoms with Crippen LogP contribution in [0.5, 0.6) is 11.5 Å². The average molecular weight is 272 g/mol. The van der Waals surface area contributed by atoms with Crippen molar-refractivity contribution in [1.29, 1.82) is 0 Å². The fourth-order valence-corrected chi connectivity index (χ4v) is 3.06. The van der Waals surface area contributed by atoms with Gasteiger partial charge >= 0.3 is 0 Å². The molecular formula is C18H24O2. The van der Waals surface area contributed by atoms with Crippen LogP contribution < -0.4 is 9.47 Å². The Balaban J connectivity index is 2.72. The van der Waals surface area contributed by atoms with E-state index in [0.717, 1.165) is 23.5 Å². The van der Waals surface area contributed by atoms with Crippen molar-refractivity contribution in [2.24, 2.45) is 5.92 Å². The number of fused-ring (bicyclic) bond motifs is 1. The maximum absolute atomic E-state index is 5.67. The van der Waals surface area contributed by atoms with Gasteiger partial charge in [0.25, 0.3) is 0 Å². The molecule has 20 heavy (non-hydrogen) atoms. The second-order valence-electron chi connectivity index (χ2n) is 5.54. The number of rotatable bonds is 4. The zero-order valence-electron chi connectivity index (χ0n) is 13.1. The smallest absolute Gasteiger partial charge is 0.165 e. The highest BCUT2D eigenvalue weighted by Gasteiger charge is 2.27. The van der Waals surface area contributed by atoms with Crippen molar-refractivity contribution in [3.8, 4) is 11.5 Å². The number of ether oxygens (including phenoxy) is 2. The molecule has 0 heterocycles. The summed E-state index contributed by atoms with van der Waals surface area (Å²) in [5, 5.41) is 0. The van der Waals surface area contributed by atoms with Gasteiger partial charge in [-0.15, -0.1) is 6.58 Å². The minimum absolute atomic E-state index is 0.346.